The quantitative estimate of drug-likeness (QED) is 0.0204. The first-order valence-electron chi connectivity index (χ1n) is 32.2. The van der Waals surface area contributed by atoms with Crippen LogP contribution in [0.1, 0.15) is 271 Å². The minimum atomic E-state index is -1.79. The fraction of sp³-hybridized carbons (Fsp3) is 0.891. The molecule has 0 aliphatic carbocycles. The molecule has 2 aliphatic heterocycles. The van der Waals surface area contributed by atoms with Gasteiger partial charge in [-0.15, -0.1) is 0 Å². The van der Waals surface area contributed by atoms with Crippen molar-refractivity contribution in [3.63, 3.8) is 0 Å². The zero-order valence-corrected chi connectivity index (χ0v) is 49.4. The molecule has 0 bridgehead atoms. The number of aliphatic hydroxyl groups excluding tert-OH is 8. The van der Waals surface area contributed by atoms with Crippen molar-refractivity contribution in [3.05, 3.63) is 36.5 Å². The summed E-state index contributed by atoms with van der Waals surface area (Å²) in [5.41, 5.74) is 0. The van der Waals surface area contributed by atoms with E-state index in [1.807, 2.05) is 6.08 Å². The Kier molecular flexibility index (Phi) is 46.2. The second kappa shape index (κ2) is 49.8. The smallest absolute Gasteiger partial charge is 0.220 e. The number of nitrogens with one attached hydrogen (secondary N) is 1. The van der Waals surface area contributed by atoms with Crippen LogP contribution in [0.25, 0.3) is 0 Å². The van der Waals surface area contributed by atoms with Crippen LogP contribution >= 0.6 is 0 Å². The van der Waals surface area contributed by atoms with Gasteiger partial charge in [0.25, 0.3) is 0 Å². The molecule has 12 atom stereocenters. The number of aliphatic hydroxyl groups is 8. The largest absolute Gasteiger partial charge is 0.394 e. The van der Waals surface area contributed by atoms with E-state index in [1.165, 1.54) is 186 Å². The summed E-state index contributed by atoms with van der Waals surface area (Å²) in [5.74, 6) is -0.257. The predicted octanol–water partition coefficient (Wildman–Crippen LogP) is 11.8. The number of hydrogen-bond donors (Lipinski definition) is 9. The van der Waals surface area contributed by atoms with Gasteiger partial charge in [0.2, 0.25) is 5.91 Å². The Morgan fingerprint density at radius 1 is 0.449 bits per heavy atom. The van der Waals surface area contributed by atoms with Crippen LogP contribution in [0.5, 0.6) is 0 Å². The molecule has 1 amide bonds. The fourth-order valence-electron chi connectivity index (χ4n) is 10.6. The van der Waals surface area contributed by atoms with E-state index in [0.29, 0.717) is 12.8 Å². The molecule has 0 aromatic rings. The first-order valence-corrected chi connectivity index (χ1v) is 32.2. The third-order valence-corrected chi connectivity index (χ3v) is 15.8. The maximum absolute atomic E-state index is 13.2. The molecule has 0 aromatic carbocycles. The predicted molar refractivity (Wildman–Crippen MR) is 314 cm³/mol. The van der Waals surface area contributed by atoms with Crippen LogP contribution in [-0.4, -0.2) is 140 Å². The van der Waals surface area contributed by atoms with Crippen LogP contribution in [0, 0.1) is 0 Å². The van der Waals surface area contributed by atoms with E-state index in [4.69, 9.17) is 18.9 Å². The van der Waals surface area contributed by atoms with Gasteiger partial charge in [0.1, 0.15) is 48.8 Å². The van der Waals surface area contributed by atoms with E-state index in [2.05, 4.69) is 43.5 Å². The summed E-state index contributed by atoms with van der Waals surface area (Å²) in [5, 5.41) is 87.1. The molecule has 2 saturated heterocycles. The zero-order chi connectivity index (χ0) is 56.7. The average molecular weight is 1110 g/mol. The lowest BCUT2D eigenvalue weighted by molar-refractivity contribution is -0.359. The van der Waals surface area contributed by atoms with Crippen LogP contribution in [0.3, 0.4) is 0 Å². The van der Waals surface area contributed by atoms with Crippen LogP contribution in [0.4, 0.5) is 0 Å². The molecule has 14 nitrogen and oxygen atoms in total. The van der Waals surface area contributed by atoms with Crippen molar-refractivity contribution >= 4 is 5.91 Å². The van der Waals surface area contributed by atoms with Gasteiger partial charge < -0.3 is 65.1 Å². The van der Waals surface area contributed by atoms with Gasteiger partial charge in [-0.3, -0.25) is 4.79 Å². The Labute approximate surface area is 474 Å². The summed E-state index contributed by atoms with van der Waals surface area (Å²) in [6, 6.07) is -0.935. The number of allylic oxidation sites excluding steroid dienone is 5. The number of carbonyl (C=O) groups excluding carboxylic acids is 1. The Hall–Kier alpha value is -1.79. The highest BCUT2D eigenvalue weighted by Crippen LogP contribution is 2.30. The monoisotopic (exact) mass is 1110 g/mol. The maximum atomic E-state index is 13.2. The van der Waals surface area contributed by atoms with Crippen LogP contribution in [0.15, 0.2) is 36.5 Å². The summed E-state index contributed by atoms with van der Waals surface area (Å²) in [6.45, 7) is 2.77. The van der Waals surface area contributed by atoms with Crippen LogP contribution in [0.2, 0.25) is 0 Å². The van der Waals surface area contributed by atoms with Crippen LogP contribution < -0.4 is 5.32 Å². The Morgan fingerprint density at radius 2 is 0.821 bits per heavy atom. The van der Waals surface area contributed by atoms with Crippen molar-refractivity contribution < 1.29 is 64.6 Å². The van der Waals surface area contributed by atoms with E-state index < -0.39 is 86.8 Å². The van der Waals surface area contributed by atoms with Gasteiger partial charge in [0, 0.05) is 6.42 Å². The van der Waals surface area contributed by atoms with Crippen molar-refractivity contribution in [2.75, 3.05) is 19.8 Å². The summed E-state index contributed by atoms with van der Waals surface area (Å²) >= 11 is 0. The summed E-state index contributed by atoms with van der Waals surface area (Å²) in [4.78, 5) is 13.2. The van der Waals surface area contributed by atoms with E-state index in [-0.39, 0.29) is 18.9 Å². The molecule has 2 rings (SSSR count). The minimum absolute atomic E-state index is 0.257. The van der Waals surface area contributed by atoms with Crippen molar-refractivity contribution in [1.29, 1.82) is 0 Å². The molecule has 0 radical (unpaired) electrons. The molecule has 2 aliphatic rings. The van der Waals surface area contributed by atoms with Gasteiger partial charge in [-0.1, -0.05) is 243 Å². The van der Waals surface area contributed by atoms with E-state index in [0.717, 1.165) is 51.4 Å². The normalized spacial score (nSPS) is 24.7. The molecule has 0 spiro atoms. The molecule has 0 aromatic heterocycles. The fourth-order valence-corrected chi connectivity index (χ4v) is 10.6. The van der Waals surface area contributed by atoms with E-state index in [1.54, 1.807) is 6.08 Å². The standard InChI is InChI=1S/C64H119NO13/c1-3-5-7-9-11-13-15-17-18-19-20-21-22-23-24-25-26-27-28-29-30-31-32-33-34-36-37-39-41-43-45-47-53(68)52(65-56(69)48-46-44-42-40-38-35-16-14-12-10-8-6-4-2)51-75-63-61(74)59(72)62(55(50-67)77-63)78-64-60(73)58(71)57(70)54(49-66)76-64/h14,16,37,39,45,47,52-55,57-64,66-68,70-74H,3-13,15,17-36,38,40-44,46,48-51H2,1-2H3,(H,65,69)/b16-14-,39-37+,47-45+. The molecule has 2 heterocycles. The molecule has 78 heavy (non-hydrogen) atoms. The number of carbonyl (C=O) groups is 1. The molecule has 458 valence electrons. The maximum Gasteiger partial charge on any atom is 0.220 e. The second-order valence-electron chi connectivity index (χ2n) is 22.9. The van der Waals surface area contributed by atoms with Gasteiger partial charge in [0.05, 0.1) is 32.0 Å². The lowest BCUT2D eigenvalue weighted by Gasteiger charge is -2.46. The Balaban J connectivity index is 1.68. The summed E-state index contributed by atoms with van der Waals surface area (Å²) in [7, 11) is 0. The highest BCUT2D eigenvalue weighted by atomic mass is 16.7. The molecular weight excluding hydrogens is 991 g/mol. The van der Waals surface area contributed by atoms with Crippen molar-refractivity contribution in [2.24, 2.45) is 0 Å². The number of amides is 1. The molecule has 12 unspecified atom stereocenters. The minimum Gasteiger partial charge on any atom is -0.394 e. The third-order valence-electron chi connectivity index (χ3n) is 15.8. The van der Waals surface area contributed by atoms with Gasteiger partial charge >= 0.3 is 0 Å². The van der Waals surface area contributed by atoms with Gasteiger partial charge in [-0.2, -0.15) is 0 Å². The second-order valence-corrected chi connectivity index (χ2v) is 22.9. The Bertz CT molecular complexity index is 1450. The highest BCUT2D eigenvalue weighted by molar-refractivity contribution is 5.76. The average Bonchev–Trinajstić information content (AvgIpc) is 3.47. The zero-order valence-electron chi connectivity index (χ0n) is 49.4. The first-order chi connectivity index (χ1) is 38.1. The van der Waals surface area contributed by atoms with E-state index >= 15 is 0 Å². The van der Waals surface area contributed by atoms with Gasteiger partial charge in [-0.05, 0) is 57.8 Å². The third kappa shape index (κ3) is 34.6. The van der Waals surface area contributed by atoms with Crippen molar-refractivity contribution in [3.8, 4) is 0 Å². The first kappa shape index (κ1) is 72.3. The number of ether oxygens (including phenoxy) is 4. The topological polar surface area (TPSA) is 228 Å². The van der Waals surface area contributed by atoms with Gasteiger partial charge in [0.15, 0.2) is 12.6 Å². The number of rotatable bonds is 52. The lowest BCUT2D eigenvalue weighted by atomic mass is 9.97. The Morgan fingerprint density at radius 3 is 1.27 bits per heavy atom. The molecule has 2 fully saturated rings. The molecule has 14 heteroatoms. The van der Waals surface area contributed by atoms with Crippen molar-refractivity contribution in [2.45, 2.75) is 344 Å². The summed E-state index contributed by atoms with van der Waals surface area (Å²) in [6.07, 6.45) is 45.0. The lowest BCUT2D eigenvalue weighted by Crippen LogP contribution is -2.65. The number of hydrogen-bond acceptors (Lipinski definition) is 13. The van der Waals surface area contributed by atoms with Gasteiger partial charge in [-0.25, -0.2) is 0 Å². The summed E-state index contributed by atoms with van der Waals surface area (Å²) < 4.78 is 22.8. The SMILES string of the molecule is CCCCCC/C=C\CCCCCCCC(=O)NC(COC1OC(CO)C(OC2OC(CO)C(O)C(O)C2O)C(O)C1O)C(O)/C=C/CC/C=C/CCCCCCCCCCCCCCCCCCCCCCCCCCC. The van der Waals surface area contributed by atoms with Crippen molar-refractivity contribution in [1.82, 2.24) is 5.32 Å². The molecular formula is C64H119NO13. The van der Waals surface area contributed by atoms with E-state index in [9.17, 15) is 45.6 Å². The highest BCUT2D eigenvalue weighted by Gasteiger charge is 2.51. The number of unbranched alkanes of at least 4 members (excludes halogenated alkanes) is 35. The molecule has 9 N–H and O–H groups in total. The van der Waals surface area contributed by atoms with Crippen LogP contribution in [-0.2, 0) is 23.7 Å². The molecule has 0 saturated carbocycles.